The van der Waals surface area contributed by atoms with Crippen LogP contribution in [0.25, 0.3) is 0 Å². The smallest absolute Gasteiger partial charge is 0.255 e. The van der Waals surface area contributed by atoms with Crippen LogP contribution in [0.1, 0.15) is 15.9 Å². The fourth-order valence-corrected chi connectivity index (χ4v) is 3.55. The van der Waals surface area contributed by atoms with Crippen molar-refractivity contribution in [2.24, 2.45) is 0 Å². The number of aromatic nitrogens is 1. The highest BCUT2D eigenvalue weighted by molar-refractivity contribution is 14.1. The first-order valence-corrected chi connectivity index (χ1v) is 8.09. The maximum absolute atomic E-state index is 12.1. The molecule has 20 heavy (non-hydrogen) atoms. The fourth-order valence-electron chi connectivity index (χ4n) is 1.70. The molecule has 1 amide bonds. The van der Waals surface area contributed by atoms with Crippen molar-refractivity contribution in [2.75, 3.05) is 6.54 Å². The fraction of sp³-hybridized carbons (Fsp3) is 0.143. The maximum Gasteiger partial charge on any atom is 0.255 e. The van der Waals surface area contributed by atoms with Gasteiger partial charge >= 0.3 is 0 Å². The highest BCUT2D eigenvalue weighted by atomic mass is 127. The van der Waals surface area contributed by atoms with Gasteiger partial charge < -0.3 is 10.4 Å². The highest BCUT2D eigenvalue weighted by Crippen LogP contribution is 2.26. The molecule has 0 unspecified atom stereocenters. The van der Waals surface area contributed by atoms with Gasteiger partial charge in [-0.05, 0) is 75.4 Å². The normalized spacial score (nSPS) is 10.3. The summed E-state index contributed by atoms with van der Waals surface area (Å²) >= 11 is 4.14. The number of hydrogen-bond acceptors (Lipinski definition) is 3. The van der Waals surface area contributed by atoms with E-state index in [9.17, 15) is 9.90 Å². The van der Waals surface area contributed by atoms with Crippen LogP contribution in [0.15, 0.2) is 36.7 Å². The van der Waals surface area contributed by atoms with E-state index in [2.05, 4.69) is 32.9 Å². The van der Waals surface area contributed by atoms with E-state index in [-0.39, 0.29) is 11.7 Å². The lowest BCUT2D eigenvalue weighted by Crippen LogP contribution is -2.26. The molecule has 1 heterocycles. The van der Waals surface area contributed by atoms with Crippen LogP contribution in [0.2, 0.25) is 0 Å². The van der Waals surface area contributed by atoms with Gasteiger partial charge in [0.25, 0.3) is 5.91 Å². The summed E-state index contributed by atoms with van der Waals surface area (Å²) in [6, 6.07) is 7.33. The van der Waals surface area contributed by atoms with E-state index in [1.165, 1.54) is 0 Å². The van der Waals surface area contributed by atoms with Crippen molar-refractivity contribution in [3.05, 3.63) is 54.9 Å². The second kappa shape index (κ2) is 7.21. The molecule has 2 rings (SSSR count). The van der Waals surface area contributed by atoms with Crippen LogP contribution in [0.5, 0.6) is 5.75 Å². The van der Waals surface area contributed by atoms with Gasteiger partial charge in [-0.1, -0.05) is 6.07 Å². The Morgan fingerprint density at radius 2 is 2.15 bits per heavy atom. The Bertz CT molecular complexity index is 618. The quantitative estimate of drug-likeness (QED) is 0.644. The zero-order valence-electron chi connectivity index (χ0n) is 10.4. The summed E-state index contributed by atoms with van der Waals surface area (Å²) in [6.45, 7) is 0.506. The maximum atomic E-state index is 12.1. The Kier molecular flexibility index (Phi) is 5.58. The lowest BCUT2D eigenvalue weighted by atomic mass is 10.1. The van der Waals surface area contributed by atoms with Gasteiger partial charge in [-0.15, -0.1) is 0 Å². The number of phenols is 1. The average Bonchev–Trinajstić information content (AvgIpc) is 2.44. The van der Waals surface area contributed by atoms with Crippen molar-refractivity contribution in [2.45, 2.75) is 6.42 Å². The topological polar surface area (TPSA) is 62.2 Å². The van der Waals surface area contributed by atoms with Crippen LogP contribution in [0, 0.1) is 7.14 Å². The molecular weight excluding hydrogens is 482 g/mol. The van der Waals surface area contributed by atoms with Crippen molar-refractivity contribution < 1.29 is 9.90 Å². The number of carbonyl (C=O) groups excluding carboxylic acids is 1. The number of nitrogens with one attached hydrogen (secondary N) is 1. The molecule has 1 aromatic carbocycles. The number of nitrogens with zero attached hydrogens (tertiary/aromatic N) is 1. The molecule has 0 aliphatic carbocycles. The molecule has 0 atom stereocenters. The van der Waals surface area contributed by atoms with Crippen molar-refractivity contribution in [3.8, 4) is 5.75 Å². The van der Waals surface area contributed by atoms with Gasteiger partial charge in [0.1, 0.15) is 5.75 Å². The molecule has 2 aromatic rings. The minimum absolute atomic E-state index is 0.0323. The average molecular weight is 494 g/mol. The number of phenolic OH excluding ortho intramolecular Hbond substituents is 1. The lowest BCUT2D eigenvalue weighted by Gasteiger charge is -2.08. The van der Waals surface area contributed by atoms with Gasteiger partial charge in [0, 0.05) is 22.5 Å². The van der Waals surface area contributed by atoms with Crippen LogP contribution in [-0.4, -0.2) is 22.5 Å². The summed E-state index contributed by atoms with van der Waals surface area (Å²) in [7, 11) is 0. The standard InChI is InChI=1S/C14H12I2N2O2/c15-10-6-11(13(19)12(16)7-10)14(20)18-5-3-9-2-1-4-17-8-9/h1-2,4,6-8,19H,3,5H2,(H,18,20). The van der Waals surface area contributed by atoms with Crippen molar-refractivity contribution >= 4 is 51.1 Å². The largest absolute Gasteiger partial charge is 0.506 e. The summed E-state index contributed by atoms with van der Waals surface area (Å²) in [5.74, 6) is -0.229. The van der Waals surface area contributed by atoms with Crippen molar-refractivity contribution in [1.29, 1.82) is 0 Å². The van der Waals surface area contributed by atoms with E-state index in [4.69, 9.17) is 0 Å². The van der Waals surface area contributed by atoms with Crippen molar-refractivity contribution in [1.82, 2.24) is 10.3 Å². The predicted molar refractivity (Wildman–Crippen MR) is 93.8 cm³/mol. The molecule has 0 aliphatic rings. The van der Waals surface area contributed by atoms with Crippen LogP contribution in [0.4, 0.5) is 0 Å². The molecule has 0 saturated heterocycles. The van der Waals surface area contributed by atoms with Gasteiger partial charge in [-0.2, -0.15) is 0 Å². The Hall–Kier alpha value is -0.900. The number of benzene rings is 1. The molecule has 0 saturated carbocycles. The summed E-state index contributed by atoms with van der Waals surface area (Å²) in [5.41, 5.74) is 1.38. The van der Waals surface area contributed by atoms with E-state index in [1.54, 1.807) is 18.5 Å². The van der Waals surface area contributed by atoms with E-state index in [0.717, 1.165) is 9.13 Å². The molecule has 2 N–H and O–H groups in total. The Balaban J connectivity index is 1.99. The molecular formula is C14H12I2N2O2. The number of carbonyl (C=O) groups is 1. The number of aromatic hydroxyl groups is 1. The molecule has 104 valence electrons. The third kappa shape index (κ3) is 4.05. The van der Waals surface area contributed by atoms with E-state index >= 15 is 0 Å². The van der Waals surface area contributed by atoms with E-state index < -0.39 is 0 Å². The number of halogens is 2. The van der Waals surface area contributed by atoms with Gasteiger partial charge in [0.15, 0.2) is 0 Å². The first-order chi connectivity index (χ1) is 9.58. The molecule has 4 nitrogen and oxygen atoms in total. The summed E-state index contributed by atoms with van der Waals surface area (Å²) in [5, 5.41) is 12.7. The summed E-state index contributed by atoms with van der Waals surface area (Å²) in [6.07, 6.45) is 4.20. The van der Waals surface area contributed by atoms with Crippen LogP contribution in [-0.2, 0) is 6.42 Å². The van der Waals surface area contributed by atoms with Gasteiger partial charge in [-0.25, -0.2) is 0 Å². The lowest BCUT2D eigenvalue weighted by molar-refractivity contribution is 0.0951. The summed E-state index contributed by atoms with van der Waals surface area (Å²) < 4.78 is 1.59. The third-order valence-electron chi connectivity index (χ3n) is 2.69. The van der Waals surface area contributed by atoms with Crippen LogP contribution >= 0.6 is 45.2 Å². The van der Waals surface area contributed by atoms with Crippen molar-refractivity contribution in [3.63, 3.8) is 0 Å². The molecule has 0 fully saturated rings. The molecule has 0 bridgehead atoms. The molecule has 6 heteroatoms. The Morgan fingerprint density at radius 1 is 1.35 bits per heavy atom. The second-order valence-electron chi connectivity index (χ2n) is 4.15. The van der Waals surface area contributed by atoms with Gasteiger partial charge in [-0.3, -0.25) is 9.78 Å². The number of amides is 1. The van der Waals surface area contributed by atoms with E-state index in [0.29, 0.717) is 22.1 Å². The minimum atomic E-state index is -0.261. The molecule has 0 aliphatic heterocycles. The first kappa shape index (κ1) is 15.5. The zero-order chi connectivity index (χ0) is 14.5. The monoisotopic (exact) mass is 494 g/mol. The number of pyridine rings is 1. The minimum Gasteiger partial charge on any atom is -0.506 e. The zero-order valence-corrected chi connectivity index (χ0v) is 14.8. The molecule has 0 spiro atoms. The number of hydrogen-bond donors (Lipinski definition) is 2. The van der Waals surface area contributed by atoms with Gasteiger partial charge in [0.05, 0.1) is 9.13 Å². The first-order valence-electron chi connectivity index (χ1n) is 5.93. The predicted octanol–water partition coefficient (Wildman–Crippen LogP) is 2.97. The highest BCUT2D eigenvalue weighted by Gasteiger charge is 2.14. The van der Waals surface area contributed by atoms with Gasteiger partial charge in [0.2, 0.25) is 0 Å². The summed E-state index contributed by atoms with van der Waals surface area (Å²) in [4.78, 5) is 16.1. The number of rotatable bonds is 4. The van der Waals surface area contributed by atoms with Crippen LogP contribution in [0.3, 0.4) is 0 Å². The SMILES string of the molecule is O=C(NCCc1cccnc1)c1cc(I)cc(I)c1O. The molecule has 0 radical (unpaired) electrons. The van der Waals surface area contributed by atoms with Crippen LogP contribution < -0.4 is 5.32 Å². The van der Waals surface area contributed by atoms with E-state index in [1.807, 2.05) is 40.8 Å². The Labute approximate surface area is 144 Å². The third-order valence-corrected chi connectivity index (χ3v) is 4.14. The molecule has 1 aromatic heterocycles. The Morgan fingerprint density at radius 3 is 2.85 bits per heavy atom. The second-order valence-corrected chi connectivity index (χ2v) is 6.56.